The van der Waals surface area contributed by atoms with Gasteiger partial charge in [0.2, 0.25) is 0 Å². The molecule has 2 heterocycles. The summed E-state index contributed by atoms with van der Waals surface area (Å²) in [7, 11) is 1.70. The lowest BCUT2D eigenvalue weighted by Crippen LogP contribution is -2.11. The van der Waals surface area contributed by atoms with Gasteiger partial charge in [0.05, 0.1) is 19.0 Å². The maximum Gasteiger partial charge on any atom is 0.123 e. The van der Waals surface area contributed by atoms with Gasteiger partial charge in [0, 0.05) is 39.3 Å². The van der Waals surface area contributed by atoms with Crippen molar-refractivity contribution in [2.45, 2.75) is 19.4 Å². The molecule has 6 nitrogen and oxygen atoms in total. The van der Waals surface area contributed by atoms with Gasteiger partial charge < -0.3 is 9.47 Å². The summed E-state index contributed by atoms with van der Waals surface area (Å²) >= 11 is 0. The third-order valence-corrected chi connectivity index (χ3v) is 2.88. The van der Waals surface area contributed by atoms with Crippen molar-refractivity contribution in [2.75, 3.05) is 33.5 Å². The Hall–Kier alpha value is -1.27. The van der Waals surface area contributed by atoms with Gasteiger partial charge in [-0.25, -0.2) is 0 Å². The van der Waals surface area contributed by atoms with E-state index >= 15 is 0 Å². The van der Waals surface area contributed by atoms with Gasteiger partial charge in [0.25, 0.3) is 0 Å². The van der Waals surface area contributed by atoms with E-state index in [1.165, 1.54) is 0 Å². The number of aromatic nitrogens is 3. The first-order chi connectivity index (χ1) is 8.88. The fourth-order valence-corrected chi connectivity index (χ4v) is 1.91. The fraction of sp³-hybridized carbons (Fsp3) is 0.750. The Morgan fingerprint density at radius 3 is 3.39 bits per heavy atom. The lowest BCUT2D eigenvalue weighted by atomic mass is 10.1. The van der Waals surface area contributed by atoms with E-state index in [1.807, 2.05) is 10.9 Å². The van der Waals surface area contributed by atoms with E-state index < -0.39 is 0 Å². The largest absolute Gasteiger partial charge is 0.385 e. The van der Waals surface area contributed by atoms with Crippen molar-refractivity contribution >= 4 is 6.21 Å². The van der Waals surface area contributed by atoms with Crippen molar-refractivity contribution in [1.82, 2.24) is 15.0 Å². The number of hydrogen-bond donors (Lipinski definition) is 0. The second-order valence-electron chi connectivity index (χ2n) is 4.48. The minimum Gasteiger partial charge on any atom is -0.385 e. The third-order valence-electron chi connectivity index (χ3n) is 2.88. The van der Waals surface area contributed by atoms with Gasteiger partial charge in [-0.15, -0.1) is 5.10 Å². The third kappa shape index (κ3) is 4.19. The van der Waals surface area contributed by atoms with E-state index in [4.69, 9.17) is 9.47 Å². The van der Waals surface area contributed by atoms with Gasteiger partial charge in [-0.2, -0.15) is 0 Å². The standard InChI is InChI=1S/C12H20N4O2/c1-17-5-2-4-13-7-12-9-16(15-14-12)8-11-3-6-18-10-11/h7,9,11H,2-6,8,10H2,1H3/t11-/m0/s1. The molecule has 0 bridgehead atoms. The van der Waals surface area contributed by atoms with Crippen LogP contribution in [0.4, 0.5) is 0 Å². The van der Waals surface area contributed by atoms with Crippen molar-refractivity contribution in [3.05, 3.63) is 11.9 Å². The molecule has 1 fully saturated rings. The molecule has 1 aliphatic rings. The lowest BCUT2D eigenvalue weighted by molar-refractivity contribution is 0.181. The molecular formula is C12H20N4O2. The Labute approximate surface area is 107 Å². The predicted molar refractivity (Wildman–Crippen MR) is 67.9 cm³/mol. The van der Waals surface area contributed by atoms with Gasteiger partial charge >= 0.3 is 0 Å². The van der Waals surface area contributed by atoms with Gasteiger partial charge in [0.1, 0.15) is 5.69 Å². The number of methoxy groups -OCH3 is 1. The molecule has 0 N–H and O–H groups in total. The van der Waals surface area contributed by atoms with E-state index in [1.54, 1.807) is 13.3 Å². The number of ether oxygens (including phenoxy) is 2. The second-order valence-corrected chi connectivity index (χ2v) is 4.48. The smallest absolute Gasteiger partial charge is 0.123 e. The molecule has 1 aromatic heterocycles. The second kappa shape index (κ2) is 7.23. The zero-order chi connectivity index (χ0) is 12.6. The first kappa shape index (κ1) is 13.2. The summed E-state index contributed by atoms with van der Waals surface area (Å²) < 4.78 is 12.2. The van der Waals surface area contributed by atoms with Crippen molar-refractivity contribution < 1.29 is 9.47 Å². The molecule has 2 rings (SSSR count). The van der Waals surface area contributed by atoms with E-state index in [0.717, 1.165) is 51.4 Å². The number of hydrogen-bond acceptors (Lipinski definition) is 5. The summed E-state index contributed by atoms with van der Waals surface area (Å²) in [6, 6.07) is 0. The molecule has 0 unspecified atom stereocenters. The Morgan fingerprint density at radius 1 is 1.67 bits per heavy atom. The number of rotatable bonds is 7. The lowest BCUT2D eigenvalue weighted by Gasteiger charge is -2.05. The Kier molecular flexibility index (Phi) is 5.29. The monoisotopic (exact) mass is 252 g/mol. The highest BCUT2D eigenvalue weighted by Gasteiger charge is 2.16. The molecule has 100 valence electrons. The first-order valence-corrected chi connectivity index (χ1v) is 6.35. The highest BCUT2D eigenvalue weighted by molar-refractivity contribution is 5.76. The molecule has 1 saturated heterocycles. The van der Waals surface area contributed by atoms with Gasteiger partial charge in [0.15, 0.2) is 0 Å². The quantitative estimate of drug-likeness (QED) is 0.531. The minimum atomic E-state index is 0.568. The molecule has 1 aromatic rings. The average molecular weight is 252 g/mol. The maximum atomic E-state index is 5.34. The molecule has 0 aromatic carbocycles. The summed E-state index contributed by atoms with van der Waals surface area (Å²) in [5.74, 6) is 0.568. The summed E-state index contributed by atoms with van der Waals surface area (Å²) in [4.78, 5) is 4.28. The van der Waals surface area contributed by atoms with Crippen LogP contribution in [0.3, 0.4) is 0 Å². The average Bonchev–Trinajstić information content (AvgIpc) is 3.02. The van der Waals surface area contributed by atoms with Crippen molar-refractivity contribution in [2.24, 2.45) is 10.9 Å². The molecular weight excluding hydrogens is 232 g/mol. The van der Waals surface area contributed by atoms with Crippen LogP contribution >= 0.6 is 0 Å². The summed E-state index contributed by atoms with van der Waals surface area (Å²) in [5.41, 5.74) is 0.811. The minimum absolute atomic E-state index is 0.568. The number of nitrogens with zero attached hydrogens (tertiary/aromatic N) is 4. The van der Waals surface area contributed by atoms with Crippen LogP contribution < -0.4 is 0 Å². The zero-order valence-corrected chi connectivity index (χ0v) is 10.8. The van der Waals surface area contributed by atoms with E-state index in [-0.39, 0.29) is 0 Å². The van der Waals surface area contributed by atoms with E-state index in [2.05, 4.69) is 15.3 Å². The maximum absolute atomic E-state index is 5.34. The van der Waals surface area contributed by atoms with Crippen LogP contribution in [-0.4, -0.2) is 54.7 Å². The van der Waals surface area contributed by atoms with Crippen molar-refractivity contribution in [3.63, 3.8) is 0 Å². The molecule has 0 radical (unpaired) electrons. The van der Waals surface area contributed by atoms with Crippen LogP contribution in [0.1, 0.15) is 18.5 Å². The normalized spacial score (nSPS) is 19.9. The Morgan fingerprint density at radius 2 is 2.61 bits per heavy atom. The van der Waals surface area contributed by atoms with Gasteiger partial charge in [-0.1, -0.05) is 5.21 Å². The Bertz CT molecular complexity index is 372. The molecule has 1 atom stereocenters. The highest BCUT2D eigenvalue weighted by Crippen LogP contribution is 2.13. The van der Waals surface area contributed by atoms with E-state index in [9.17, 15) is 0 Å². The molecule has 0 spiro atoms. The number of aliphatic imine (C=N–C) groups is 1. The fourth-order valence-electron chi connectivity index (χ4n) is 1.91. The molecule has 1 aliphatic heterocycles. The summed E-state index contributed by atoms with van der Waals surface area (Å²) in [6.07, 6.45) is 5.74. The Balaban J connectivity index is 1.74. The van der Waals surface area contributed by atoms with Crippen LogP contribution in [0, 0.1) is 5.92 Å². The van der Waals surface area contributed by atoms with Crippen LogP contribution in [0.15, 0.2) is 11.2 Å². The van der Waals surface area contributed by atoms with Crippen LogP contribution in [0.25, 0.3) is 0 Å². The molecule has 0 aliphatic carbocycles. The van der Waals surface area contributed by atoms with Crippen molar-refractivity contribution in [3.8, 4) is 0 Å². The first-order valence-electron chi connectivity index (χ1n) is 6.35. The summed E-state index contributed by atoms with van der Waals surface area (Å²) in [5, 5.41) is 8.16. The predicted octanol–water partition coefficient (Wildman–Crippen LogP) is 0.770. The zero-order valence-electron chi connectivity index (χ0n) is 10.8. The van der Waals surface area contributed by atoms with Crippen LogP contribution in [0.2, 0.25) is 0 Å². The highest BCUT2D eigenvalue weighted by atomic mass is 16.5. The molecule has 0 amide bonds. The van der Waals surface area contributed by atoms with E-state index in [0.29, 0.717) is 5.92 Å². The topological polar surface area (TPSA) is 61.5 Å². The van der Waals surface area contributed by atoms with Gasteiger partial charge in [-0.05, 0) is 12.8 Å². The van der Waals surface area contributed by atoms with Crippen LogP contribution in [-0.2, 0) is 16.0 Å². The summed E-state index contributed by atoms with van der Waals surface area (Å²) in [6.45, 7) is 4.08. The van der Waals surface area contributed by atoms with Crippen LogP contribution in [0.5, 0.6) is 0 Å². The SMILES string of the molecule is COCCCN=Cc1cn(C[C@@H]2CCOC2)nn1. The van der Waals surface area contributed by atoms with Gasteiger partial charge in [-0.3, -0.25) is 9.67 Å². The van der Waals surface area contributed by atoms with Crippen molar-refractivity contribution in [1.29, 1.82) is 0 Å². The molecule has 0 saturated carbocycles. The molecule has 18 heavy (non-hydrogen) atoms. The molecule has 6 heteroatoms.